The summed E-state index contributed by atoms with van der Waals surface area (Å²) in [6, 6.07) is 25.5. The molecule has 1 unspecified atom stereocenters. The van der Waals surface area contributed by atoms with Crippen molar-refractivity contribution in [3.8, 4) is 0 Å². The first-order valence-electron chi connectivity index (χ1n) is 11.4. The van der Waals surface area contributed by atoms with E-state index in [0.29, 0.717) is 25.8 Å². The highest BCUT2D eigenvalue weighted by atomic mass is 79.9. The smallest absolute Gasteiger partial charge is 0.242 e. The van der Waals surface area contributed by atoms with Gasteiger partial charge in [-0.1, -0.05) is 89.6 Å². The maximum absolute atomic E-state index is 13.5. The van der Waals surface area contributed by atoms with Gasteiger partial charge in [-0.3, -0.25) is 9.59 Å². The lowest BCUT2D eigenvalue weighted by Gasteiger charge is -2.31. The fraction of sp³-hybridized carbons (Fsp3) is 0.286. The Morgan fingerprint density at radius 2 is 1.55 bits per heavy atom. The minimum atomic E-state index is -0.591. The third-order valence-corrected chi connectivity index (χ3v) is 6.31. The number of likely N-dealkylation sites (N-methyl/N-ethyl adjacent to an activating group) is 1. The van der Waals surface area contributed by atoms with Crippen LogP contribution in [0.3, 0.4) is 0 Å². The standard InChI is InChI=1S/C28H31BrN2O2/c1-3-21-12-14-22(15-13-21)16-17-27(32)31(20-24-10-7-11-25(29)18-24)26(28(33)30-2)19-23-8-5-4-6-9-23/h4-15,18,26H,3,16-17,19-20H2,1-2H3,(H,30,33). The molecule has 0 radical (unpaired) electrons. The SMILES string of the molecule is CCc1ccc(CCC(=O)N(Cc2cccc(Br)c2)C(Cc2ccccc2)C(=O)NC)cc1. The van der Waals surface area contributed by atoms with Gasteiger partial charge in [-0.2, -0.15) is 0 Å². The van der Waals surface area contributed by atoms with Crippen molar-refractivity contribution in [2.24, 2.45) is 0 Å². The van der Waals surface area contributed by atoms with E-state index >= 15 is 0 Å². The van der Waals surface area contributed by atoms with Crippen molar-refractivity contribution in [3.05, 3.63) is 106 Å². The number of carbonyl (C=O) groups excluding carboxylic acids is 2. The highest BCUT2D eigenvalue weighted by Crippen LogP contribution is 2.19. The average molecular weight is 507 g/mol. The number of carbonyl (C=O) groups is 2. The van der Waals surface area contributed by atoms with E-state index in [-0.39, 0.29) is 11.8 Å². The Morgan fingerprint density at radius 3 is 2.18 bits per heavy atom. The molecule has 0 saturated heterocycles. The van der Waals surface area contributed by atoms with E-state index in [4.69, 9.17) is 0 Å². The Hall–Kier alpha value is -2.92. The summed E-state index contributed by atoms with van der Waals surface area (Å²) in [7, 11) is 1.62. The van der Waals surface area contributed by atoms with Crippen LogP contribution in [0.15, 0.2) is 83.3 Å². The molecule has 0 aliphatic carbocycles. The number of benzene rings is 3. The summed E-state index contributed by atoms with van der Waals surface area (Å²) in [5, 5.41) is 2.76. The van der Waals surface area contributed by atoms with Crippen LogP contribution in [0.25, 0.3) is 0 Å². The van der Waals surface area contributed by atoms with E-state index in [0.717, 1.165) is 27.6 Å². The van der Waals surface area contributed by atoms with Crippen LogP contribution in [-0.4, -0.2) is 29.8 Å². The maximum atomic E-state index is 13.5. The third-order valence-electron chi connectivity index (χ3n) is 5.82. The van der Waals surface area contributed by atoms with Crippen LogP contribution < -0.4 is 5.32 Å². The normalized spacial score (nSPS) is 11.6. The minimum Gasteiger partial charge on any atom is -0.357 e. The molecule has 2 amide bonds. The van der Waals surface area contributed by atoms with Crippen LogP contribution in [0.2, 0.25) is 0 Å². The van der Waals surface area contributed by atoms with Gasteiger partial charge in [0, 0.05) is 30.9 Å². The maximum Gasteiger partial charge on any atom is 0.242 e. The summed E-state index contributed by atoms with van der Waals surface area (Å²) < 4.78 is 0.947. The van der Waals surface area contributed by atoms with Gasteiger partial charge in [0.1, 0.15) is 6.04 Å². The first kappa shape index (κ1) is 24.7. The Bertz CT molecular complexity index is 1050. The Balaban J connectivity index is 1.85. The van der Waals surface area contributed by atoms with Crippen LogP contribution in [0.5, 0.6) is 0 Å². The molecule has 1 N–H and O–H groups in total. The molecule has 0 aliphatic heterocycles. The highest BCUT2D eigenvalue weighted by Gasteiger charge is 2.29. The van der Waals surface area contributed by atoms with Gasteiger partial charge >= 0.3 is 0 Å². The Labute approximate surface area is 205 Å². The molecule has 0 aliphatic rings. The third kappa shape index (κ3) is 7.29. The van der Waals surface area contributed by atoms with Gasteiger partial charge in [0.2, 0.25) is 11.8 Å². The lowest BCUT2D eigenvalue weighted by molar-refractivity contribution is -0.141. The second kappa shape index (κ2) is 12.4. The summed E-state index contributed by atoms with van der Waals surface area (Å²) in [4.78, 5) is 28.2. The lowest BCUT2D eigenvalue weighted by Crippen LogP contribution is -2.49. The predicted octanol–water partition coefficient (Wildman–Crippen LogP) is 5.33. The van der Waals surface area contributed by atoms with Gasteiger partial charge in [0.05, 0.1) is 0 Å². The van der Waals surface area contributed by atoms with Gasteiger partial charge in [0.15, 0.2) is 0 Å². The second-order valence-corrected chi connectivity index (χ2v) is 9.06. The molecule has 3 aromatic rings. The number of aryl methyl sites for hydroxylation is 2. The Kier molecular flexibility index (Phi) is 9.25. The summed E-state index contributed by atoms with van der Waals surface area (Å²) in [5.41, 5.74) is 4.41. The van der Waals surface area contributed by atoms with Crippen molar-refractivity contribution in [2.75, 3.05) is 7.05 Å². The molecule has 0 fully saturated rings. The molecule has 5 heteroatoms. The van der Waals surface area contributed by atoms with Crippen LogP contribution in [-0.2, 0) is 35.4 Å². The molecular weight excluding hydrogens is 476 g/mol. The number of hydrogen-bond donors (Lipinski definition) is 1. The zero-order valence-corrected chi connectivity index (χ0v) is 20.8. The number of halogens is 1. The molecule has 0 bridgehead atoms. The largest absolute Gasteiger partial charge is 0.357 e. The second-order valence-electron chi connectivity index (χ2n) is 8.14. The molecule has 0 aromatic heterocycles. The van der Waals surface area contributed by atoms with Crippen molar-refractivity contribution < 1.29 is 9.59 Å². The van der Waals surface area contributed by atoms with E-state index in [1.807, 2.05) is 54.6 Å². The molecule has 4 nitrogen and oxygen atoms in total. The summed E-state index contributed by atoms with van der Waals surface area (Å²) in [6.07, 6.45) is 2.45. The number of amides is 2. The summed E-state index contributed by atoms with van der Waals surface area (Å²) in [5.74, 6) is -0.187. The zero-order valence-electron chi connectivity index (χ0n) is 19.3. The van der Waals surface area contributed by atoms with E-state index < -0.39 is 6.04 Å². The van der Waals surface area contributed by atoms with Gasteiger partial charge < -0.3 is 10.2 Å². The molecular formula is C28H31BrN2O2. The fourth-order valence-corrected chi connectivity index (χ4v) is 4.34. The van der Waals surface area contributed by atoms with Gasteiger partial charge in [-0.15, -0.1) is 0 Å². The molecule has 33 heavy (non-hydrogen) atoms. The van der Waals surface area contributed by atoms with Crippen molar-refractivity contribution in [2.45, 2.75) is 45.2 Å². The molecule has 0 heterocycles. The predicted molar refractivity (Wildman–Crippen MR) is 137 cm³/mol. The average Bonchev–Trinajstić information content (AvgIpc) is 2.85. The van der Waals surface area contributed by atoms with E-state index in [1.165, 1.54) is 5.56 Å². The van der Waals surface area contributed by atoms with Gasteiger partial charge in [-0.25, -0.2) is 0 Å². The van der Waals surface area contributed by atoms with Gasteiger partial charge in [-0.05, 0) is 47.2 Å². The molecule has 3 aromatic carbocycles. The molecule has 3 rings (SSSR count). The highest BCUT2D eigenvalue weighted by molar-refractivity contribution is 9.10. The lowest BCUT2D eigenvalue weighted by atomic mass is 10.0. The summed E-state index contributed by atoms with van der Waals surface area (Å²) in [6.45, 7) is 2.50. The number of nitrogens with one attached hydrogen (secondary N) is 1. The molecule has 0 saturated carbocycles. The first-order valence-corrected chi connectivity index (χ1v) is 12.2. The molecule has 172 valence electrons. The van der Waals surface area contributed by atoms with Gasteiger partial charge in [0.25, 0.3) is 0 Å². The Morgan fingerprint density at radius 1 is 0.879 bits per heavy atom. The number of hydrogen-bond acceptors (Lipinski definition) is 2. The van der Waals surface area contributed by atoms with Crippen LogP contribution in [0, 0.1) is 0 Å². The molecule has 1 atom stereocenters. The monoisotopic (exact) mass is 506 g/mol. The van der Waals surface area contributed by atoms with Crippen molar-refractivity contribution >= 4 is 27.7 Å². The van der Waals surface area contributed by atoms with Crippen molar-refractivity contribution in [1.82, 2.24) is 10.2 Å². The quantitative estimate of drug-likeness (QED) is 0.403. The van der Waals surface area contributed by atoms with Crippen molar-refractivity contribution in [3.63, 3.8) is 0 Å². The van der Waals surface area contributed by atoms with Crippen LogP contribution in [0.1, 0.15) is 35.6 Å². The zero-order chi connectivity index (χ0) is 23.6. The molecule has 0 spiro atoms. The van der Waals surface area contributed by atoms with E-state index in [2.05, 4.69) is 52.4 Å². The van der Waals surface area contributed by atoms with E-state index in [9.17, 15) is 9.59 Å². The van der Waals surface area contributed by atoms with Crippen molar-refractivity contribution in [1.29, 1.82) is 0 Å². The topological polar surface area (TPSA) is 49.4 Å². The van der Waals surface area contributed by atoms with Crippen LogP contribution in [0.4, 0.5) is 0 Å². The number of nitrogens with zero attached hydrogens (tertiary/aromatic N) is 1. The minimum absolute atomic E-state index is 0.0286. The number of rotatable bonds is 10. The van der Waals surface area contributed by atoms with Crippen LogP contribution >= 0.6 is 15.9 Å². The fourth-order valence-electron chi connectivity index (χ4n) is 3.89. The van der Waals surface area contributed by atoms with E-state index in [1.54, 1.807) is 11.9 Å². The first-order chi connectivity index (χ1) is 16.0. The summed E-state index contributed by atoms with van der Waals surface area (Å²) >= 11 is 3.51.